The van der Waals surface area contributed by atoms with Crippen LogP contribution in [-0.4, -0.2) is 85.8 Å². The number of nitrogens with one attached hydrogen (secondary N) is 1. The summed E-state index contributed by atoms with van der Waals surface area (Å²) in [7, 11) is 2.13. The van der Waals surface area contributed by atoms with Gasteiger partial charge in [-0.3, -0.25) is 9.89 Å². The van der Waals surface area contributed by atoms with Crippen LogP contribution in [0.2, 0.25) is 0 Å². The largest absolute Gasteiger partial charge is 0.379 e. The Labute approximate surface area is 175 Å². The van der Waals surface area contributed by atoms with E-state index in [9.17, 15) is 0 Å². The van der Waals surface area contributed by atoms with E-state index in [0.717, 1.165) is 64.7 Å². The number of nitrogens with zero attached hydrogens (tertiary/aromatic N) is 3. The predicted molar refractivity (Wildman–Crippen MR) is 121 cm³/mol. The second-order valence-electron chi connectivity index (χ2n) is 6.65. The highest BCUT2D eigenvalue weighted by Gasteiger charge is 2.40. The van der Waals surface area contributed by atoms with E-state index in [1.807, 2.05) is 6.08 Å². The van der Waals surface area contributed by atoms with Gasteiger partial charge in [0.1, 0.15) is 0 Å². The lowest BCUT2D eigenvalue weighted by Crippen LogP contribution is -2.56. The molecular formula is C18H35IN4OS. The quantitative estimate of drug-likeness (QED) is 0.190. The molecule has 2 heterocycles. The van der Waals surface area contributed by atoms with Crippen LogP contribution in [0.15, 0.2) is 17.6 Å². The monoisotopic (exact) mass is 482 g/mol. The number of thioether (sulfide) groups is 1. The molecule has 0 aromatic heterocycles. The molecule has 0 aromatic carbocycles. The Morgan fingerprint density at radius 1 is 1.44 bits per heavy atom. The zero-order valence-corrected chi connectivity index (χ0v) is 19.0. The van der Waals surface area contributed by atoms with Crippen molar-refractivity contribution in [1.29, 1.82) is 0 Å². The molecule has 2 aliphatic rings. The molecule has 1 N–H and O–H groups in total. The summed E-state index contributed by atoms with van der Waals surface area (Å²) < 4.78 is 5.55. The highest BCUT2D eigenvalue weighted by molar-refractivity contribution is 14.0. The van der Waals surface area contributed by atoms with Gasteiger partial charge in [-0.05, 0) is 31.9 Å². The van der Waals surface area contributed by atoms with E-state index in [1.54, 1.807) is 0 Å². The number of rotatable bonds is 8. The molecule has 5 nitrogen and oxygen atoms in total. The Kier molecular flexibility index (Phi) is 11.4. The third kappa shape index (κ3) is 6.92. The van der Waals surface area contributed by atoms with Gasteiger partial charge in [0.15, 0.2) is 5.96 Å². The summed E-state index contributed by atoms with van der Waals surface area (Å²) in [5.74, 6) is 3.47. The first kappa shape index (κ1) is 23.0. The number of guanidine groups is 1. The van der Waals surface area contributed by atoms with E-state index >= 15 is 0 Å². The van der Waals surface area contributed by atoms with E-state index in [1.165, 1.54) is 17.9 Å². The van der Waals surface area contributed by atoms with Gasteiger partial charge in [-0.25, -0.2) is 0 Å². The highest BCUT2D eigenvalue weighted by Crippen LogP contribution is 2.34. The standard InChI is InChI=1S/C18H34N4OS.HI/c1-4-6-7-9-21(3)17(19-5-2)20-15-18(8-14-24-16-18)22-10-12-23-13-11-22;/h4H,1,5-16H2,2-3H3,(H,19,20);1H. The molecule has 1 atom stereocenters. The first-order valence-corrected chi connectivity index (χ1v) is 10.4. The second-order valence-corrected chi connectivity index (χ2v) is 7.75. The average Bonchev–Trinajstić information content (AvgIpc) is 3.09. The molecule has 0 amide bonds. The summed E-state index contributed by atoms with van der Waals surface area (Å²) in [5.41, 5.74) is 0.219. The second kappa shape index (κ2) is 12.4. The molecule has 2 rings (SSSR count). The maximum atomic E-state index is 5.55. The third-order valence-corrected chi connectivity index (χ3v) is 6.12. The van der Waals surface area contributed by atoms with Crippen LogP contribution in [-0.2, 0) is 4.74 Å². The molecular weight excluding hydrogens is 447 g/mol. The Morgan fingerprint density at radius 3 is 2.80 bits per heavy atom. The van der Waals surface area contributed by atoms with Crippen molar-refractivity contribution >= 4 is 41.7 Å². The Balaban J connectivity index is 0.00000312. The van der Waals surface area contributed by atoms with E-state index in [2.05, 4.69) is 47.4 Å². The van der Waals surface area contributed by atoms with Crippen LogP contribution in [0.25, 0.3) is 0 Å². The minimum atomic E-state index is 0. The fourth-order valence-electron chi connectivity index (χ4n) is 3.38. The molecule has 25 heavy (non-hydrogen) atoms. The van der Waals surface area contributed by atoms with Gasteiger partial charge < -0.3 is 15.0 Å². The van der Waals surface area contributed by atoms with Crippen molar-refractivity contribution in [3.63, 3.8) is 0 Å². The van der Waals surface area contributed by atoms with Crippen molar-refractivity contribution < 1.29 is 4.74 Å². The number of unbranched alkanes of at least 4 members (excludes halogenated alkanes) is 1. The first-order valence-electron chi connectivity index (χ1n) is 9.23. The van der Waals surface area contributed by atoms with Gasteiger partial charge in [-0.1, -0.05) is 6.08 Å². The van der Waals surface area contributed by atoms with Gasteiger partial charge in [0.05, 0.1) is 25.3 Å². The molecule has 7 heteroatoms. The van der Waals surface area contributed by atoms with Crippen molar-refractivity contribution in [3.8, 4) is 0 Å². The molecule has 0 radical (unpaired) electrons. The van der Waals surface area contributed by atoms with E-state index in [0.29, 0.717) is 0 Å². The number of morpholine rings is 1. The highest BCUT2D eigenvalue weighted by atomic mass is 127. The fraction of sp³-hybridized carbons (Fsp3) is 0.833. The molecule has 1 unspecified atom stereocenters. The topological polar surface area (TPSA) is 40.1 Å². The number of aliphatic imine (C=N–C) groups is 1. The normalized spacial score (nSPS) is 24.6. The molecule has 0 aliphatic carbocycles. The van der Waals surface area contributed by atoms with E-state index in [-0.39, 0.29) is 29.5 Å². The van der Waals surface area contributed by atoms with Gasteiger partial charge in [0.25, 0.3) is 0 Å². The lowest BCUT2D eigenvalue weighted by molar-refractivity contribution is -0.0105. The molecule has 2 aliphatic heterocycles. The van der Waals surface area contributed by atoms with Crippen molar-refractivity contribution in [2.24, 2.45) is 4.99 Å². The van der Waals surface area contributed by atoms with Crippen molar-refractivity contribution in [3.05, 3.63) is 12.7 Å². The van der Waals surface area contributed by atoms with Crippen LogP contribution in [0, 0.1) is 0 Å². The van der Waals surface area contributed by atoms with Crippen LogP contribution in [0.1, 0.15) is 26.2 Å². The van der Waals surface area contributed by atoms with Crippen LogP contribution < -0.4 is 5.32 Å². The maximum Gasteiger partial charge on any atom is 0.193 e. The SMILES string of the molecule is C=CCCCN(C)C(=NCC1(N2CCOCC2)CCSC1)NCC.I. The Hall–Kier alpha value is 0.01000. The summed E-state index contributed by atoms with van der Waals surface area (Å²) >= 11 is 2.07. The molecule has 2 fully saturated rings. The number of ether oxygens (including phenoxy) is 1. The average molecular weight is 482 g/mol. The number of allylic oxidation sites excluding steroid dienone is 1. The molecule has 0 aromatic rings. The van der Waals surface area contributed by atoms with Crippen LogP contribution in [0.5, 0.6) is 0 Å². The lowest BCUT2D eigenvalue weighted by Gasteiger charge is -2.42. The van der Waals surface area contributed by atoms with Crippen molar-refractivity contribution in [2.75, 3.05) is 64.5 Å². The summed E-state index contributed by atoms with van der Waals surface area (Å²) in [5, 5.41) is 3.45. The maximum absolute atomic E-state index is 5.55. The summed E-state index contributed by atoms with van der Waals surface area (Å²) in [6.45, 7) is 12.5. The van der Waals surface area contributed by atoms with E-state index in [4.69, 9.17) is 9.73 Å². The fourth-order valence-corrected chi connectivity index (χ4v) is 4.85. The molecule has 2 saturated heterocycles. The first-order chi connectivity index (χ1) is 11.7. The van der Waals surface area contributed by atoms with Gasteiger partial charge in [-0.15, -0.1) is 30.6 Å². The van der Waals surface area contributed by atoms with Gasteiger partial charge in [-0.2, -0.15) is 11.8 Å². The van der Waals surface area contributed by atoms with Crippen LogP contribution in [0.3, 0.4) is 0 Å². The van der Waals surface area contributed by atoms with Crippen LogP contribution in [0.4, 0.5) is 0 Å². The number of hydrogen-bond donors (Lipinski definition) is 1. The minimum Gasteiger partial charge on any atom is -0.379 e. The zero-order chi connectivity index (χ0) is 17.3. The van der Waals surface area contributed by atoms with E-state index < -0.39 is 0 Å². The molecule has 0 saturated carbocycles. The van der Waals surface area contributed by atoms with Gasteiger partial charge in [0.2, 0.25) is 0 Å². The zero-order valence-electron chi connectivity index (χ0n) is 15.8. The van der Waals surface area contributed by atoms with Crippen molar-refractivity contribution in [1.82, 2.24) is 15.1 Å². The lowest BCUT2D eigenvalue weighted by atomic mass is 9.96. The minimum absolute atomic E-state index is 0. The number of halogens is 1. The summed E-state index contributed by atoms with van der Waals surface area (Å²) in [6.07, 6.45) is 5.40. The number of hydrogen-bond acceptors (Lipinski definition) is 4. The van der Waals surface area contributed by atoms with Crippen LogP contribution >= 0.6 is 35.7 Å². The Morgan fingerprint density at radius 2 is 2.20 bits per heavy atom. The van der Waals surface area contributed by atoms with Gasteiger partial charge in [0, 0.05) is 39.0 Å². The van der Waals surface area contributed by atoms with Gasteiger partial charge >= 0.3 is 0 Å². The van der Waals surface area contributed by atoms with Crippen molar-refractivity contribution in [2.45, 2.75) is 31.7 Å². The summed E-state index contributed by atoms with van der Waals surface area (Å²) in [6, 6.07) is 0. The Bertz CT molecular complexity index is 410. The predicted octanol–water partition coefficient (Wildman–Crippen LogP) is 2.68. The smallest absolute Gasteiger partial charge is 0.193 e. The molecule has 146 valence electrons. The molecule has 0 spiro atoms. The summed E-state index contributed by atoms with van der Waals surface area (Å²) in [4.78, 5) is 9.91. The molecule has 0 bridgehead atoms. The third-order valence-electron chi connectivity index (χ3n) is 4.89.